The maximum atomic E-state index is 5.44. The van der Waals surface area contributed by atoms with E-state index in [9.17, 15) is 0 Å². The van der Waals surface area contributed by atoms with Crippen LogP contribution in [0.25, 0.3) is 0 Å². The van der Waals surface area contributed by atoms with Gasteiger partial charge in [0.15, 0.2) is 0 Å². The van der Waals surface area contributed by atoms with Gasteiger partial charge in [0.05, 0.1) is 7.11 Å². The maximum absolute atomic E-state index is 5.44. The molecule has 2 nitrogen and oxygen atoms in total. The Morgan fingerprint density at radius 3 is 2.72 bits per heavy atom. The molecule has 1 aliphatic carbocycles. The lowest BCUT2D eigenvalue weighted by Gasteiger charge is -2.14. The van der Waals surface area contributed by atoms with Crippen molar-refractivity contribution < 1.29 is 4.74 Å². The van der Waals surface area contributed by atoms with E-state index >= 15 is 0 Å². The van der Waals surface area contributed by atoms with Gasteiger partial charge in [-0.2, -0.15) is 0 Å². The van der Waals surface area contributed by atoms with Crippen LogP contribution in [0.15, 0.2) is 18.2 Å². The number of ether oxygens (including phenoxy) is 1. The average Bonchev–Trinajstić information content (AvgIpc) is 2.92. The van der Waals surface area contributed by atoms with Crippen molar-refractivity contribution in [3.63, 3.8) is 0 Å². The van der Waals surface area contributed by atoms with Gasteiger partial charge in [0.1, 0.15) is 5.75 Å². The Morgan fingerprint density at radius 2 is 2.06 bits per heavy atom. The molecule has 100 valence electrons. The lowest BCUT2D eigenvalue weighted by atomic mass is 10.0. The van der Waals surface area contributed by atoms with E-state index in [0.717, 1.165) is 31.2 Å². The molecule has 1 aliphatic rings. The third-order valence-electron chi connectivity index (χ3n) is 3.94. The van der Waals surface area contributed by atoms with Crippen LogP contribution in [0.2, 0.25) is 0 Å². The first kappa shape index (κ1) is 13.4. The Hall–Kier alpha value is -1.02. The fourth-order valence-corrected chi connectivity index (χ4v) is 2.79. The Kier molecular flexibility index (Phi) is 5.06. The molecule has 1 fully saturated rings. The van der Waals surface area contributed by atoms with Crippen molar-refractivity contribution in [3.8, 4) is 5.75 Å². The maximum Gasteiger partial charge on any atom is 0.122 e. The second kappa shape index (κ2) is 6.79. The molecule has 2 heteroatoms. The van der Waals surface area contributed by atoms with Crippen LogP contribution in [0.1, 0.15) is 43.7 Å². The lowest BCUT2D eigenvalue weighted by molar-refractivity contribution is 0.408. The first-order valence-electron chi connectivity index (χ1n) is 7.22. The van der Waals surface area contributed by atoms with Gasteiger partial charge in [0.2, 0.25) is 0 Å². The standard InChI is InChI=1S/C16H25NO/c1-3-13-8-9-16(18-2)14(12-13)10-11-17-15-6-4-5-7-15/h8-9,12,15,17H,3-7,10-11H2,1-2H3. The van der Waals surface area contributed by atoms with E-state index < -0.39 is 0 Å². The van der Waals surface area contributed by atoms with E-state index in [0.29, 0.717) is 0 Å². The van der Waals surface area contributed by atoms with Gasteiger partial charge in [-0.25, -0.2) is 0 Å². The molecule has 0 amide bonds. The highest BCUT2D eigenvalue weighted by atomic mass is 16.5. The zero-order valence-electron chi connectivity index (χ0n) is 11.7. The van der Waals surface area contributed by atoms with Crippen LogP contribution < -0.4 is 10.1 Å². The summed E-state index contributed by atoms with van der Waals surface area (Å²) >= 11 is 0. The second-order valence-electron chi connectivity index (χ2n) is 5.19. The highest BCUT2D eigenvalue weighted by Gasteiger charge is 2.13. The summed E-state index contributed by atoms with van der Waals surface area (Å²) in [6.45, 7) is 3.26. The largest absolute Gasteiger partial charge is 0.496 e. The van der Waals surface area contributed by atoms with E-state index in [1.807, 2.05) is 0 Å². The minimum atomic E-state index is 0.755. The minimum Gasteiger partial charge on any atom is -0.496 e. The predicted molar refractivity (Wildman–Crippen MR) is 76.3 cm³/mol. The average molecular weight is 247 g/mol. The smallest absolute Gasteiger partial charge is 0.122 e. The van der Waals surface area contributed by atoms with E-state index in [2.05, 4.69) is 30.4 Å². The van der Waals surface area contributed by atoms with Crippen LogP contribution in [-0.4, -0.2) is 19.7 Å². The summed E-state index contributed by atoms with van der Waals surface area (Å²) in [6, 6.07) is 7.30. The van der Waals surface area contributed by atoms with Crippen molar-refractivity contribution in [2.24, 2.45) is 0 Å². The van der Waals surface area contributed by atoms with Crippen LogP contribution in [-0.2, 0) is 12.8 Å². The molecule has 0 aromatic heterocycles. The van der Waals surface area contributed by atoms with Crippen LogP contribution in [0.3, 0.4) is 0 Å². The molecule has 0 bridgehead atoms. The van der Waals surface area contributed by atoms with Crippen molar-refractivity contribution in [3.05, 3.63) is 29.3 Å². The zero-order chi connectivity index (χ0) is 12.8. The molecule has 1 aromatic carbocycles. The van der Waals surface area contributed by atoms with Crippen molar-refractivity contribution in [2.75, 3.05) is 13.7 Å². The number of hydrogen-bond donors (Lipinski definition) is 1. The molecule has 0 aliphatic heterocycles. The molecule has 2 rings (SSSR count). The second-order valence-corrected chi connectivity index (χ2v) is 5.19. The van der Waals surface area contributed by atoms with Gasteiger partial charge in [0.25, 0.3) is 0 Å². The van der Waals surface area contributed by atoms with E-state index in [4.69, 9.17) is 4.74 Å². The van der Waals surface area contributed by atoms with Crippen molar-refractivity contribution in [2.45, 2.75) is 51.5 Å². The number of methoxy groups -OCH3 is 1. The van der Waals surface area contributed by atoms with E-state index in [1.165, 1.54) is 36.8 Å². The number of rotatable bonds is 6. The highest BCUT2D eigenvalue weighted by molar-refractivity contribution is 5.37. The molecule has 1 N–H and O–H groups in total. The third-order valence-corrected chi connectivity index (χ3v) is 3.94. The topological polar surface area (TPSA) is 21.3 Å². The summed E-state index contributed by atoms with van der Waals surface area (Å²) in [7, 11) is 1.76. The lowest BCUT2D eigenvalue weighted by Crippen LogP contribution is -2.28. The summed E-state index contributed by atoms with van der Waals surface area (Å²) in [5.74, 6) is 1.03. The highest BCUT2D eigenvalue weighted by Crippen LogP contribution is 2.21. The number of nitrogens with one attached hydrogen (secondary N) is 1. The van der Waals surface area contributed by atoms with Crippen molar-refractivity contribution in [1.29, 1.82) is 0 Å². The van der Waals surface area contributed by atoms with Gasteiger partial charge in [0, 0.05) is 6.04 Å². The summed E-state index contributed by atoms with van der Waals surface area (Å²) < 4.78 is 5.44. The summed E-state index contributed by atoms with van der Waals surface area (Å²) in [4.78, 5) is 0. The monoisotopic (exact) mass is 247 g/mol. The van der Waals surface area contributed by atoms with E-state index in [-0.39, 0.29) is 0 Å². The Bertz CT molecular complexity index is 369. The zero-order valence-corrected chi connectivity index (χ0v) is 11.7. The number of hydrogen-bond acceptors (Lipinski definition) is 2. The van der Waals surface area contributed by atoms with Crippen LogP contribution in [0, 0.1) is 0 Å². The van der Waals surface area contributed by atoms with Crippen LogP contribution >= 0.6 is 0 Å². The first-order valence-corrected chi connectivity index (χ1v) is 7.22. The van der Waals surface area contributed by atoms with Gasteiger partial charge < -0.3 is 10.1 Å². The van der Waals surface area contributed by atoms with Gasteiger partial charge in [-0.1, -0.05) is 31.9 Å². The Morgan fingerprint density at radius 1 is 1.28 bits per heavy atom. The number of aryl methyl sites for hydroxylation is 1. The first-order chi connectivity index (χ1) is 8.83. The van der Waals surface area contributed by atoms with Gasteiger partial charge >= 0.3 is 0 Å². The van der Waals surface area contributed by atoms with Gasteiger partial charge in [-0.3, -0.25) is 0 Å². The normalized spacial score (nSPS) is 16.1. The molecule has 0 atom stereocenters. The molecule has 0 radical (unpaired) electrons. The van der Waals surface area contributed by atoms with Gasteiger partial charge in [-0.05, 0) is 49.4 Å². The summed E-state index contributed by atoms with van der Waals surface area (Å²) in [5, 5.41) is 3.66. The van der Waals surface area contributed by atoms with Crippen LogP contribution in [0.5, 0.6) is 5.75 Å². The summed E-state index contributed by atoms with van der Waals surface area (Å²) in [5.41, 5.74) is 2.73. The van der Waals surface area contributed by atoms with Crippen LogP contribution in [0.4, 0.5) is 0 Å². The fraction of sp³-hybridized carbons (Fsp3) is 0.625. The summed E-state index contributed by atoms with van der Waals surface area (Å²) in [6.07, 6.45) is 7.65. The Balaban J connectivity index is 1.89. The molecule has 0 saturated heterocycles. The molecule has 1 saturated carbocycles. The van der Waals surface area contributed by atoms with E-state index in [1.54, 1.807) is 7.11 Å². The Labute approximate surface area is 111 Å². The molecule has 18 heavy (non-hydrogen) atoms. The third kappa shape index (κ3) is 3.49. The fourth-order valence-electron chi connectivity index (χ4n) is 2.79. The molecular formula is C16H25NO. The van der Waals surface area contributed by atoms with Gasteiger partial charge in [-0.15, -0.1) is 0 Å². The molecule has 1 aromatic rings. The van der Waals surface area contributed by atoms with Crippen molar-refractivity contribution >= 4 is 0 Å². The molecule has 0 heterocycles. The minimum absolute atomic E-state index is 0.755. The van der Waals surface area contributed by atoms with Crippen molar-refractivity contribution in [1.82, 2.24) is 5.32 Å². The predicted octanol–water partition coefficient (Wildman–Crippen LogP) is 3.33. The quantitative estimate of drug-likeness (QED) is 0.832. The SMILES string of the molecule is CCc1ccc(OC)c(CCNC2CCCC2)c1. The number of benzene rings is 1. The molecular weight excluding hydrogens is 222 g/mol. The molecule has 0 unspecified atom stereocenters. The molecule has 0 spiro atoms.